The van der Waals surface area contributed by atoms with Gasteiger partial charge >= 0.3 is 0 Å². The summed E-state index contributed by atoms with van der Waals surface area (Å²) in [6.45, 7) is 3.91. The van der Waals surface area contributed by atoms with E-state index in [1.54, 1.807) is 0 Å². The third-order valence-corrected chi connectivity index (χ3v) is 4.21. The summed E-state index contributed by atoms with van der Waals surface area (Å²) >= 11 is 5.42. The van der Waals surface area contributed by atoms with E-state index in [2.05, 4.69) is 30.9 Å². The first-order chi connectivity index (χ1) is 11.1. The van der Waals surface area contributed by atoms with Gasteiger partial charge in [0.05, 0.1) is 6.04 Å². The number of hydrogen-bond donors (Lipinski definition) is 3. The molecule has 2 saturated carbocycles. The average molecular weight is 332 g/mol. The van der Waals surface area contributed by atoms with Crippen molar-refractivity contribution >= 4 is 29.2 Å². The maximum atomic E-state index is 5.42. The highest BCUT2D eigenvalue weighted by Crippen LogP contribution is 2.23. The lowest BCUT2D eigenvalue weighted by atomic mass is 10.3. The second-order valence-corrected chi connectivity index (χ2v) is 6.80. The summed E-state index contributed by atoms with van der Waals surface area (Å²) in [7, 11) is 0. The largest absolute Gasteiger partial charge is 0.360 e. The molecule has 2 fully saturated rings. The van der Waals surface area contributed by atoms with Gasteiger partial charge in [0.25, 0.3) is 0 Å². The fourth-order valence-electron chi connectivity index (χ4n) is 2.77. The molecule has 1 heterocycles. The van der Waals surface area contributed by atoms with Crippen LogP contribution in [0.3, 0.4) is 0 Å². The predicted molar refractivity (Wildman–Crippen MR) is 96.7 cm³/mol. The fraction of sp³-hybridized carbons (Fsp3) is 0.625. The van der Waals surface area contributed by atoms with E-state index in [0.29, 0.717) is 29.1 Å². The Kier molecular flexibility index (Phi) is 5.05. The Hall–Kier alpha value is -1.76. The van der Waals surface area contributed by atoms with E-state index in [-0.39, 0.29) is 0 Å². The highest BCUT2D eigenvalue weighted by Gasteiger charge is 2.22. The van der Waals surface area contributed by atoms with Crippen molar-refractivity contribution in [3.63, 3.8) is 0 Å². The van der Waals surface area contributed by atoms with Crippen LogP contribution in [0.25, 0.3) is 0 Å². The van der Waals surface area contributed by atoms with Crippen molar-refractivity contribution in [2.24, 2.45) is 4.99 Å². The molecule has 6 nitrogen and oxygen atoms in total. The highest BCUT2D eigenvalue weighted by molar-refractivity contribution is 7.80. The zero-order valence-electron chi connectivity index (χ0n) is 13.7. The van der Waals surface area contributed by atoms with E-state index in [1.807, 2.05) is 19.9 Å². The van der Waals surface area contributed by atoms with Crippen LogP contribution in [-0.4, -0.2) is 33.1 Å². The Labute approximate surface area is 142 Å². The van der Waals surface area contributed by atoms with Crippen molar-refractivity contribution < 1.29 is 0 Å². The van der Waals surface area contributed by atoms with Crippen LogP contribution < -0.4 is 16.0 Å². The first kappa shape index (κ1) is 16.1. The molecule has 3 N–H and O–H groups in total. The molecule has 0 unspecified atom stereocenters. The fourth-order valence-corrected chi connectivity index (χ4v) is 3.03. The molecule has 0 atom stereocenters. The van der Waals surface area contributed by atoms with Gasteiger partial charge < -0.3 is 10.6 Å². The Morgan fingerprint density at radius 3 is 2.39 bits per heavy atom. The van der Waals surface area contributed by atoms with Crippen LogP contribution in [0.1, 0.15) is 49.9 Å². The molecule has 1 aromatic heterocycles. The molecule has 7 heteroatoms. The monoisotopic (exact) mass is 332 g/mol. The van der Waals surface area contributed by atoms with Gasteiger partial charge in [-0.25, -0.2) is 15.0 Å². The zero-order valence-corrected chi connectivity index (χ0v) is 14.5. The Bertz CT molecular complexity index is 584. The minimum absolute atomic E-state index is 0.380. The lowest BCUT2D eigenvalue weighted by Crippen LogP contribution is -2.46. The van der Waals surface area contributed by atoms with Crippen LogP contribution in [0, 0.1) is 13.8 Å². The highest BCUT2D eigenvalue weighted by atomic mass is 32.1. The number of aliphatic imine (C=N–C) groups is 1. The van der Waals surface area contributed by atoms with Crippen molar-refractivity contribution in [3.8, 4) is 0 Å². The zero-order chi connectivity index (χ0) is 16.2. The van der Waals surface area contributed by atoms with Crippen molar-refractivity contribution in [3.05, 3.63) is 17.5 Å². The van der Waals surface area contributed by atoms with E-state index < -0.39 is 0 Å². The molecule has 23 heavy (non-hydrogen) atoms. The number of nitrogens with one attached hydrogen (secondary N) is 3. The molecule has 0 amide bonds. The van der Waals surface area contributed by atoms with Gasteiger partial charge in [-0.05, 0) is 57.8 Å². The van der Waals surface area contributed by atoms with Gasteiger partial charge in [0.1, 0.15) is 0 Å². The minimum atomic E-state index is 0.380. The van der Waals surface area contributed by atoms with Gasteiger partial charge in [0.2, 0.25) is 11.9 Å². The van der Waals surface area contributed by atoms with Gasteiger partial charge in [-0.2, -0.15) is 0 Å². The van der Waals surface area contributed by atoms with Crippen LogP contribution in [0.2, 0.25) is 0 Å². The molecule has 1 aromatic rings. The summed E-state index contributed by atoms with van der Waals surface area (Å²) in [5, 5.41) is 10.3. The van der Waals surface area contributed by atoms with Gasteiger partial charge in [-0.3, -0.25) is 5.32 Å². The molecule has 124 valence electrons. The molecule has 0 spiro atoms. The maximum Gasteiger partial charge on any atom is 0.229 e. The molecule has 2 aliphatic carbocycles. The summed E-state index contributed by atoms with van der Waals surface area (Å²) in [4.78, 5) is 13.5. The van der Waals surface area contributed by atoms with Crippen LogP contribution in [-0.2, 0) is 0 Å². The normalized spacial score (nSPS) is 18.8. The van der Waals surface area contributed by atoms with E-state index >= 15 is 0 Å². The average Bonchev–Trinajstić information content (AvgIpc) is 3.11. The summed E-state index contributed by atoms with van der Waals surface area (Å²) < 4.78 is 0. The molecule has 0 aromatic carbocycles. The molecular formula is C16H24N6S. The number of guanidine groups is 1. The van der Waals surface area contributed by atoms with Gasteiger partial charge in [0.15, 0.2) is 5.11 Å². The van der Waals surface area contributed by atoms with Crippen LogP contribution in [0.4, 0.5) is 5.95 Å². The molecule has 0 aliphatic heterocycles. The van der Waals surface area contributed by atoms with Gasteiger partial charge in [0, 0.05) is 17.4 Å². The molecule has 0 saturated heterocycles. The van der Waals surface area contributed by atoms with Crippen molar-refractivity contribution in [1.29, 1.82) is 0 Å². The summed E-state index contributed by atoms with van der Waals surface area (Å²) in [6.07, 6.45) is 7.18. The topological polar surface area (TPSA) is 74.2 Å². The van der Waals surface area contributed by atoms with Gasteiger partial charge in [-0.15, -0.1) is 0 Å². The van der Waals surface area contributed by atoms with E-state index in [0.717, 1.165) is 24.2 Å². The van der Waals surface area contributed by atoms with Crippen molar-refractivity contribution in [2.75, 3.05) is 5.32 Å². The number of thiocarbonyl (C=S) groups is 1. The lowest BCUT2D eigenvalue weighted by molar-refractivity contribution is 0.629. The smallest absolute Gasteiger partial charge is 0.229 e. The lowest BCUT2D eigenvalue weighted by Gasteiger charge is -2.17. The standard InChI is InChI=1S/C16H24N6S/c1-10-9-11(2)18-14(17-10)21-15(19-13-7-8-13)22-16(23)20-12-5-3-4-6-12/h9,12-13H,3-8H2,1-2H3,(H3,17,18,19,20,21,22,23). The Morgan fingerprint density at radius 1 is 1.13 bits per heavy atom. The van der Waals surface area contributed by atoms with E-state index in [4.69, 9.17) is 12.2 Å². The third-order valence-electron chi connectivity index (χ3n) is 3.99. The number of rotatable bonds is 3. The Morgan fingerprint density at radius 2 is 1.78 bits per heavy atom. The quantitative estimate of drug-likeness (QED) is 0.448. The van der Waals surface area contributed by atoms with E-state index in [9.17, 15) is 0 Å². The molecule has 0 radical (unpaired) electrons. The number of aromatic nitrogens is 2. The first-order valence-corrected chi connectivity index (χ1v) is 8.74. The molecule has 0 bridgehead atoms. The van der Waals surface area contributed by atoms with Crippen LogP contribution >= 0.6 is 12.2 Å². The number of aryl methyl sites for hydroxylation is 2. The van der Waals surface area contributed by atoms with Crippen LogP contribution in [0.15, 0.2) is 11.1 Å². The van der Waals surface area contributed by atoms with Crippen LogP contribution in [0.5, 0.6) is 0 Å². The molecular weight excluding hydrogens is 308 g/mol. The first-order valence-electron chi connectivity index (χ1n) is 8.33. The minimum Gasteiger partial charge on any atom is -0.360 e. The van der Waals surface area contributed by atoms with Crippen molar-refractivity contribution in [2.45, 2.75) is 64.5 Å². The maximum absolute atomic E-state index is 5.42. The third kappa shape index (κ3) is 5.13. The van der Waals surface area contributed by atoms with E-state index in [1.165, 1.54) is 25.7 Å². The summed E-state index contributed by atoms with van der Waals surface area (Å²) in [5.74, 6) is 1.19. The molecule has 3 rings (SSSR count). The second-order valence-electron chi connectivity index (χ2n) is 6.39. The SMILES string of the molecule is Cc1cc(C)nc(NC(=NC2CC2)NC(=S)NC2CCCC2)n1. The number of hydrogen-bond acceptors (Lipinski definition) is 4. The van der Waals surface area contributed by atoms with Crippen molar-refractivity contribution in [1.82, 2.24) is 20.6 Å². The summed E-state index contributed by atoms with van der Waals surface area (Å²) in [6, 6.07) is 2.81. The Balaban J connectivity index is 1.64. The number of nitrogens with zero attached hydrogens (tertiary/aromatic N) is 3. The molecule has 2 aliphatic rings. The number of anilines is 1. The second kappa shape index (κ2) is 7.21. The predicted octanol–water partition coefficient (Wildman–Crippen LogP) is 2.43. The summed E-state index contributed by atoms with van der Waals surface area (Å²) in [5.41, 5.74) is 1.86. The van der Waals surface area contributed by atoms with Gasteiger partial charge in [-0.1, -0.05) is 12.8 Å².